The van der Waals surface area contributed by atoms with E-state index in [1.54, 1.807) is 6.20 Å². The molecule has 0 radical (unpaired) electrons. The van der Waals surface area contributed by atoms with E-state index in [2.05, 4.69) is 10.6 Å². The van der Waals surface area contributed by atoms with Crippen molar-refractivity contribution in [3.05, 3.63) is 23.7 Å². The van der Waals surface area contributed by atoms with Crippen molar-refractivity contribution in [1.82, 2.24) is 10.6 Å². The highest BCUT2D eigenvalue weighted by molar-refractivity contribution is 5.89. The van der Waals surface area contributed by atoms with Gasteiger partial charge in [-0.05, 0) is 24.8 Å². The number of hydrogen-bond acceptors (Lipinski definition) is 2. The lowest BCUT2D eigenvalue weighted by atomic mass is 9.92. The Hall–Kier alpha value is -1.25. The summed E-state index contributed by atoms with van der Waals surface area (Å²) in [5.41, 5.74) is 1.34. The molecule has 1 heterocycles. The van der Waals surface area contributed by atoms with E-state index in [1.165, 1.54) is 18.1 Å². The standard InChI is InChI=1S/C8H10N2O/c11-7-4-5-9-8(10-7)6-2-1-3-6/h4-5,9H,1-3H2,(H,10,11). The molecule has 0 atom stereocenters. The minimum absolute atomic E-state index is 0.0295. The summed E-state index contributed by atoms with van der Waals surface area (Å²) in [6.07, 6.45) is 6.66. The van der Waals surface area contributed by atoms with Crippen molar-refractivity contribution in [2.24, 2.45) is 0 Å². The van der Waals surface area contributed by atoms with Crippen LogP contribution >= 0.6 is 0 Å². The molecule has 1 aliphatic carbocycles. The number of rotatable bonds is 0. The van der Waals surface area contributed by atoms with Crippen LogP contribution in [0, 0.1) is 0 Å². The molecule has 3 nitrogen and oxygen atoms in total. The van der Waals surface area contributed by atoms with Gasteiger partial charge in [-0.1, -0.05) is 0 Å². The molecule has 2 aliphatic rings. The van der Waals surface area contributed by atoms with Gasteiger partial charge in [-0.15, -0.1) is 0 Å². The van der Waals surface area contributed by atoms with Crippen LogP contribution in [0.1, 0.15) is 19.3 Å². The Morgan fingerprint density at radius 2 is 2.18 bits per heavy atom. The molecule has 1 fully saturated rings. The van der Waals surface area contributed by atoms with Gasteiger partial charge in [0.1, 0.15) is 5.82 Å². The summed E-state index contributed by atoms with van der Waals surface area (Å²) >= 11 is 0. The lowest BCUT2D eigenvalue weighted by molar-refractivity contribution is -0.116. The van der Waals surface area contributed by atoms with E-state index in [1.807, 2.05) is 0 Å². The predicted molar refractivity (Wildman–Crippen MR) is 41.3 cm³/mol. The number of carbonyl (C=O) groups is 1. The molecule has 1 saturated carbocycles. The van der Waals surface area contributed by atoms with Crippen LogP contribution in [0.2, 0.25) is 0 Å². The van der Waals surface area contributed by atoms with Crippen LogP contribution in [-0.4, -0.2) is 5.91 Å². The SMILES string of the molecule is O=C1C=CNC(=C2CCC2)N1. The first kappa shape index (κ1) is 6.46. The number of hydrogen-bond donors (Lipinski definition) is 2. The first-order chi connectivity index (χ1) is 5.36. The van der Waals surface area contributed by atoms with Crippen LogP contribution in [0.15, 0.2) is 23.7 Å². The summed E-state index contributed by atoms with van der Waals surface area (Å²) in [6.45, 7) is 0. The molecule has 2 N–H and O–H groups in total. The molecule has 0 spiro atoms. The molecule has 3 heteroatoms. The van der Waals surface area contributed by atoms with Gasteiger partial charge in [0.2, 0.25) is 0 Å². The monoisotopic (exact) mass is 150 g/mol. The molecule has 2 rings (SSSR count). The number of amides is 1. The first-order valence-corrected chi connectivity index (χ1v) is 3.82. The van der Waals surface area contributed by atoms with Gasteiger partial charge in [0.25, 0.3) is 5.91 Å². The average Bonchev–Trinajstić information content (AvgIpc) is 1.83. The Balaban J connectivity index is 2.16. The lowest BCUT2D eigenvalue weighted by Gasteiger charge is -2.23. The van der Waals surface area contributed by atoms with E-state index < -0.39 is 0 Å². The number of carbonyl (C=O) groups excluding carboxylic acids is 1. The van der Waals surface area contributed by atoms with Gasteiger partial charge in [-0.3, -0.25) is 4.79 Å². The Kier molecular flexibility index (Phi) is 1.42. The summed E-state index contributed by atoms with van der Waals surface area (Å²) in [6, 6.07) is 0. The van der Waals surface area contributed by atoms with E-state index >= 15 is 0 Å². The fourth-order valence-electron chi connectivity index (χ4n) is 1.20. The Labute approximate surface area is 65.2 Å². The van der Waals surface area contributed by atoms with E-state index in [9.17, 15) is 4.79 Å². The van der Waals surface area contributed by atoms with Gasteiger partial charge in [0, 0.05) is 12.3 Å². The topological polar surface area (TPSA) is 41.1 Å². The molecule has 1 aliphatic heterocycles. The molecule has 0 aromatic heterocycles. The quantitative estimate of drug-likeness (QED) is 0.531. The normalized spacial score (nSPS) is 22.4. The minimum Gasteiger partial charge on any atom is -0.348 e. The zero-order valence-electron chi connectivity index (χ0n) is 6.18. The van der Waals surface area contributed by atoms with Gasteiger partial charge >= 0.3 is 0 Å². The summed E-state index contributed by atoms with van der Waals surface area (Å²) in [5, 5.41) is 5.78. The van der Waals surface area contributed by atoms with Crippen LogP contribution in [0.25, 0.3) is 0 Å². The zero-order chi connectivity index (χ0) is 7.68. The zero-order valence-corrected chi connectivity index (χ0v) is 6.18. The van der Waals surface area contributed by atoms with Crippen molar-refractivity contribution in [1.29, 1.82) is 0 Å². The largest absolute Gasteiger partial charge is 0.348 e. The molecular weight excluding hydrogens is 140 g/mol. The van der Waals surface area contributed by atoms with Gasteiger partial charge in [-0.25, -0.2) is 0 Å². The van der Waals surface area contributed by atoms with Crippen molar-refractivity contribution in [3.8, 4) is 0 Å². The molecule has 0 unspecified atom stereocenters. The van der Waals surface area contributed by atoms with E-state index in [0.717, 1.165) is 18.7 Å². The fourth-order valence-corrected chi connectivity index (χ4v) is 1.20. The van der Waals surface area contributed by atoms with Crippen LogP contribution < -0.4 is 10.6 Å². The Bertz CT molecular complexity index is 247. The molecule has 0 aromatic rings. The molecule has 58 valence electrons. The van der Waals surface area contributed by atoms with E-state index in [4.69, 9.17) is 0 Å². The Morgan fingerprint density at radius 3 is 2.73 bits per heavy atom. The maximum Gasteiger partial charge on any atom is 0.250 e. The van der Waals surface area contributed by atoms with Crippen molar-refractivity contribution in [2.45, 2.75) is 19.3 Å². The second kappa shape index (κ2) is 2.42. The number of nitrogens with one attached hydrogen (secondary N) is 2. The highest BCUT2D eigenvalue weighted by atomic mass is 16.1. The second-order valence-corrected chi connectivity index (χ2v) is 2.80. The third-order valence-electron chi connectivity index (χ3n) is 2.02. The molecular formula is C8H10N2O. The lowest BCUT2D eigenvalue weighted by Crippen LogP contribution is -2.34. The smallest absolute Gasteiger partial charge is 0.250 e. The van der Waals surface area contributed by atoms with Crippen molar-refractivity contribution in [2.75, 3.05) is 0 Å². The van der Waals surface area contributed by atoms with Crippen molar-refractivity contribution >= 4 is 5.91 Å². The van der Waals surface area contributed by atoms with E-state index in [0.29, 0.717) is 0 Å². The summed E-state index contributed by atoms with van der Waals surface area (Å²) in [4.78, 5) is 10.8. The van der Waals surface area contributed by atoms with Crippen molar-refractivity contribution in [3.63, 3.8) is 0 Å². The predicted octanol–water partition coefficient (Wildman–Crippen LogP) is 0.615. The maximum atomic E-state index is 10.8. The van der Waals surface area contributed by atoms with Crippen LogP contribution in [-0.2, 0) is 4.79 Å². The van der Waals surface area contributed by atoms with Gasteiger partial charge in [0.05, 0.1) is 0 Å². The molecule has 1 amide bonds. The highest BCUT2D eigenvalue weighted by Gasteiger charge is 2.16. The van der Waals surface area contributed by atoms with Gasteiger partial charge < -0.3 is 10.6 Å². The first-order valence-electron chi connectivity index (χ1n) is 3.82. The fraction of sp³-hybridized carbons (Fsp3) is 0.375. The summed E-state index contributed by atoms with van der Waals surface area (Å²) in [7, 11) is 0. The second-order valence-electron chi connectivity index (χ2n) is 2.80. The highest BCUT2D eigenvalue weighted by Crippen LogP contribution is 2.27. The Morgan fingerprint density at radius 1 is 1.36 bits per heavy atom. The van der Waals surface area contributed by atoms with Gasteiger partial charge in [0.15, 0.2) is 0 Å². The number of allylic oxidation sites excluding steroid dienone is 1. The average molecular weight is 150 g/mol. The van der Waals surface area contributed by atoms with Crippen LogP contribution in [0.4, 0.5) is 0 Å². The molecule has 0 aromatic carbocycles. The van der Waals surface area contributed by atoms with Crippen LogP contribution in [0.3, 0.4) is 0 Å². The van der Waals surface area contributed by atoms with Gasteiger partial charge in [-0.2, -0.15) is 0 Å². The summed E-state index contributed by atoms with van der Waals surface area (Å²) < 4.78 is 0. The summed E-state index contributed by atoms with van der Waals surface area (Å²) in [5.74, 6) is 0.877. The molecule has 0 saturated heterocycles. The molecule has 11 heavy (non-hydrogen) atoms. The molecule has 0 bridgehead atoms. The third kappa shape index (κ3) is 1.13. The van der Waals surface area contributed by atoms with Crippen LogP contribution in [0.5, 0.6) is 0 Å². The minimum atomic E-state index is -0.0295. The van der Waals surface area contributed by atoms with E-state index in [-0.39, 0.29) is 5.91 Å². The third-order valence-corrected chi connectivity index (χ3v) is 2.02. The maximum absolute atomic E-state index is 10.8. The van der Waals surface area contributed by atoms with Crippen molar-refractivity contribution < 1.29 is 4.79 Å².